The Morgan fingerprint density at radius 1 is 1.20 bits per heavy atom. The highest BCUT2D eigenvalue weighted by atomic mass is 35.5. The molecule has 3 rings (SSSR count). The van der Waals surface area contributed by atoms with Gasteiger partial charge in [-0.05, 0) is 44.0 Å². The Morgan fingerprint density at radius 3 is 2.53 bits per heavy atom. The van der Waals surface area contributed by atoms with Crippen molar-refractivity contribution in [2.45, 2.75) is 20.8 Å². The van der Waals surface area contributed by atoms with E-state index in [1.165, 1.54) is 13.1 Å². The second-order valence-corrected chi connectivity index (χ2v) is 7.13. The first-order chi connectivity index (χ1) is 14.3. The van der Waals surface area contributed by atoms with Crippen molar-refractivity contribution in [2.75, 3.05) is 0 Å². The van der Waals surface area contributed by atoms with Crippen LogP contribution >= 0.6 is 11.6 Å². The number of aromatic nitrogens is 2. The number of carbonyl (C=O) groups is 1. The SMILES string of the molecule is Cc1ccc(/C=N/NC(=O)c2nn(-c3ccc(C)c(Cl)c3)c(=O)c(C#N)c2C)cc1. The fourth-order valence-corrected chi connectivity index (χ4v) is 2.89. The average molecular weight is 420 g/mol. The van der Waals surface area contributed by atoms with E-state index in [0.29, 0.717) is 10.7 Å². The highest BCUT2D eigenvalue weighted by Crippen LogP contribution is 2.19. The van der Waals surface area contributed by atoms with Crippen molar-refractivity contribution >= 4 is 23.7 Å². The number of aryl methyl sites for hydroxylation is 2. The number of hydrogen-bond acceptors (Lipinski definition) is 5. The summed E-state index contributed by atoms with van der Waals surface area (Å²) in [5.74, 6) is -0.640. The Bertz CT molecular complexity index is 1250. The van der Waals surface area contributed by atoms with Crippen LogP contribution in [0, 0.1) is 32.1 Å². The number of rotatable bonds is 4. The van der Waals surface area contributed by atoms with E-state index in [1.807, 2.05) is 44.2 Å². The van der Waals surface area contributed by atoms with E-state index in [2.05, 4.69) is 15.6 Å². The minimum absolute atomic E-state index is 0.0797. The lowest BCUT2D eigenvalue weighted by atomic mass is 10.1. The molecule has 0 unspecified atom stereocenters. The summed E-state index contributed by atoms with van der Waals surface area (Å²) >= 11 is 6.15. The number of hydrazone groups is 1. The van der Waals surface area contributed by atoms with Gasteiger partial charge in [0.25, 0.3) is 11.5 Å². The molecule has 0 saturated carbocycles. The number of amides is 1. The molecule has 3 aromatic rings. The van der Waals surface area contributed by atoms with E-state index in [-0.39, 0.29) is 16.8 Å². The van der Waals surface area contributed by atoms with Gasteiger partial charge in [0.05, 0.1) is 11.9 Å². The quantitative estimate of drug-likeness (QED) is 0.517. The van der Waals surface area contributed by atoms with Gasteiger partial charge in [-0.2, -0.15) is 20.1 Å². The first-order valence-corrected chi connectivity index (χ1v) is 9.40. The summed E-state index contributed by atoms with van der Waals surface area (Å²) in [4.78, 5) is 25.3. The van der Waals surface area contributed by atoms with Crippen LogP contribution in [0.1, 0.15) is 38.3 Å². The highest BCUT2D eigenvalue weighted by Gasteiger charge is 2.20. The lowest BCUT2D eigenvalue weighted by Gasteiger charge is -2.11. The molecule has 0 spiro atoms. The van der Waals surface area contributed by atoms with Gasteiger partial charge in [0.1, 0.15) is 11.6 Å². The summed E-state index contributed by atoms with van der Waals surface area (Å²) in [5.41, 5.74) is 4.78. The van der Waals surface area contributed by atoms with Gasteiger partial charge in [0.15, 0.2) is 5.69 Å². The summed E-state index contributed by atoms with van der Waals surface area (Å²) < 4.78 is 0.996. The van der Waals surface area contributed by atoms with Crippen LogP contribution in [0.4, 0.5) is 0 Å². The van der Waals surface area contributed by atoms with E-state index in [0.717, 1.165) is 21.4 Å². The Kier molecular flexibility index (Phi) is 6.09. The van der Waals surface area contributed by atoms with Crippen LogP contribution in [0.2, 0.25) is 5.02 Å². The lowest BCUT2D eigenvalue weighted by molar-refractivity contribution is 0.0947. The molecule has 8 heteroatoms. The third-order valence-electron chi connectivity index (χ3n) is 4.52. The molecular weight excluding hydrogens is 402 g/mol. The van der Waals surface area contributed by atoms with Gasteiger partial charge in [-0.1, -0.05) is 47.5 Å². The molecule has 0 bridgehead atoms. The number of nitriles is 1. The van der Waals surface area contributed by atoms with Gasteiger partial charge < -0.3 is 0 Å². The van der Waals surface area contributed by atoms with Gasteiger partial charge in [-0.25, -0.2) is 5.43 Å². The molecule has 0 aliphatic carbocycles. The van der Waals surface area contributed by atoms with Crippen LogP contribution in [0.25, 0.3) is 5.69 Å². The summed E-state index contributed by atoms with van der Waals surface area (Å²) in [6.45, 7) is 5.29. The maximum Gasteiger partial charge on any atom is 0.292 e. The summed E-state index contributed by atoms with van der Waals surface area (Å²) in [6.07, 6.45) is 1.49. The molecule has 1 aromatic heterocycles. The standard InChI is InChI=1S/C22H18ClN5O2/c1-13-4-7-16(8-5-13)12-25-26-21(29)20-15(3)18(11-24)22(30)28(27-20)17-9-6-14(2)19(23)10-17/h4-10,12H,1-3H3,(H,26,29)/b25-12+. The van der Waals surface area contributed by atoms with Crippen LogP contribution in [0.3, 0.4) is 0 Å². The molecule has 1 amide bonds. The molecule has 2 aromatic carbocycles. The van der Waals surface area contributed by atoms with Crippen LogP contribution < -0.4 is 11.0 Å². The number of nitrogens with one attached hydrogen (secondary N) is 1. The lowest BCUT2D eigenvalue weighted by Crippen LogP contribution is -2.31. The van der Waals surface area contributed by atoms with Crippen molar-refractivity contribution < 1.29 is 4.79 Å². The van der Waals surface area contributed by atoms with Crippen LogP contribution in [0.5, 0.6) is 0 Å². The van der Waals surface area contributed by atoms with Crippen molar-refractivity contribution in [3.05, 3.63) is 91.4 Å². The number of halogens is 1. The number of benzene rings is 2. The smallest absolute Gasteiger partial charge is 0.266 e. The molecular formula is C22H18ClN5O2. The highest BCUT2D eigenvalue weighted by molar-refractivity contribution is 6.31. The van der Waals surface area contributed by atoms with E-state index in [4.69, 9.17) is 11.6 Å². The zero-order valence-electron chi connectivity index (χ0n) is 16.6. The summed E-state index contributed by atoms with van der Waals surface area (Å²) in [6, 6.07) is 14.4. The Balaban J connectivity index is 1.98. The molecule has 1 N–H and O–H groups in total. The van der Waals surface area contributed by atoms with Gasteiger partial charge in [0, 0.05) is 10.6 Å². The molecule has 0 aliphatic rings. The van der Waals surface area contributed by atoms with E-state index in [1.54, 1.807) is 18.2 Å². The van der Waals surface area contributed by atoms with E-state index in [9.17, 15) is 14.9 Å². The second-order valence-electron chi connectivity index (χ2n) is 6.72. The molecule has 0 radical (unpaired) electrons. The summed E-state index contributed by atoms with van der Waals surface area (Å²) in [7, 11) is 0. The van der Waals surface area contributed by atoms with Crippen molar-refractivity contribution in [3.63, 3.8) is 0 Å². The predicted molar refractivity (Wildman–Crippen MR) is 115 cm³/mol. The molecule has 150 valence electrons. The van der Waals surface area contributed by atoms with Crippen molar-refractivity contribution in [3.8, 4) is 11.8 Å². The van der Waals surface area contributed by atoms with Crippen molar-refractivity contribution in [1.82, 2.24) is 15.2 Å². The molecule has 0 fully saturated rings. The monoisotopic (exact) mass is 419 g/mol. The Morgan fingerprint density at radius 2 is 1.90 bits per heavy atom. The van der Waals surface area contributed by atoms with Gasteiger partial charge >= 0.3 is 0 Å². The minimum atomic E-state index is -0.640. The van der Waals surface area contributed by atoms with Crippen LogP contribution in [-0.4, -0.2) is 21.9 Å². The van der Waals surface area contributed by atoms with Gasteiger partial charge in [0.2, 0.25) is 0 Å². The van der Waals surface area contributed by atoms with Crippen molar-refractivity contribution in [2.24, 2.45) is 5.10 Å². The zero-order valence-corrected chi connectivity index (χ0v) is 17.4. The fraction of sp³-hybridized carbons (Fsp3) is 0.136. The molecule has 0 atom stereocenters. The number of nitrogens with zero attached hydrogens (tertiary/aromatic N) is 4. The van der Waals surface area contributed by atoms with Crippen LogP contribution in [-0.2, 0) is 0 Å². The zero-order chi connectivity index (χ0) is 21.8. The Labute approximate surface area is 178 Å². The predicted octanol–water partition coefficient (Wildman–Crippen LogP) is 3.45. The first-order valence-electron chi connectivity index (χ1n) is 9.02. The normalized spacial score (nSPS) is 10.8. The molecule has 0 saturated heterocycles. The van der Waals surface area contributed by atoms with Gasteiger partial charge in [-0.3, -0.25) is 9.59 Å². The second kappa shape index (κ2) is 8.72. The topological polar surface area (TPSA) is 100 Å². The minimum Gasteiger partial charge on any atom is -0.266 e. The molecule has 1 heterocycles. The maximum absolute atomic E-state index is 12.7. The molecule has 30 heavy (non-hydrogen) atoms. The molecule has 7 nitrogen and oxygen atoms in total. The largest absolute Gasteiger partial charge is 0.292 e. The maximum atomic E-state index is 12.7. The third kappa shape index (κ3) is 4.29. The average Bonchev–Trinajstić information content (AvgIpc) is 2.72. The van der Waals surface area contributed by atoms with Crippen LogP contribution in [0.15, 0.2) is 52.4 Å². The van der Waals surface area contributed by atoms with E-state index >= 15 is 0 Å². The Hall–Kier alpha value is -3.76. The number of hydrogen-bond donors (Lipinski definition) is 1. The third-order valence-corrected chi connectivity index (χ3v) is 4.93. The van der Waals surface area contributed by atoms with Gasteiger partial charge in [-0.15, -0.1) is 0 Å². The fourth-order valence-electron chi connectivity index (χ4n) is 2.71. The van der Waals surface area contributed by atoms with Crippen molar-refractivity contribution in [1.29, 1.82) is 5.26 Å². The summed E-state index contributed by atoms with van der Waals surface area (Å²) in [5, 5.41) is 18.0. The number of carbonyl (C=O) groups excluding carboxylic acids is 1. The first kappa shape index (κ1) is 21.0. The molecule has 0 aliphatic heterocycles. The van der Waals surface area contributed by atoms with E-state index < -0.39 is 11.5 Å².